The van der Waals surface area contributed by atoms with Crippen LogP contribution in [-0.2, 0) is 24.9 Å². The van der Waals surface area contributed by atoms with E-state index in [2.05, 4.69) is 5.10 Å². The van der Waals surface area contributed by atoms with Gasteiger partial charge in [0.2, 0.25) is 0 Å². The van der Waals surface area contributed by atoms with Gasteiger partial charge in [-0.25, -0.2) is 9.48 Å². The second-order valence-corrected chi connectivity index (χ2v) is 8.30. The lowest BCUT2D eigenvalue weighted by Crippen LogP contribution is -2.19. The smallest absolute Gasteiger partial charge is 0.416 e. The molecule has 0 atom stereocenters. The first-order valence-electron chi connectivity index (χ1n) is 10.2. The largest absolute Gasteiger partial charge is 0.478 e. The first kappa shape index (κ1) is 23.2. The fourth-order valence-electron chi connectivity index (χ4n) is 4.15. The number of carboxylic acid groups (broad SMARTS) is 1. The van der Waals surface area contributed by atoms with Crippen LogP contribution in [-0.4, -0.2) is 20.9 Å². The number of alkyl halides is 5. The molecule has 0 unspecified atom stereocenters. The summed E-state index contributed by atoms with van der Waals surface area (Å²) in [6, 6.07) is 8.62. The molecule has 2 aromatic carbocycles. The summed E-state index contributed by atoms with van der Waals surface area (Å²) in [7, 11) is 0. The lowest BCUT2D eigenvalue weighted by Gasteiger charge is -2.17. The standard InChI is InChI=1S/C23H18ClF5N2O2/c24-18-6-3-5-17(23(27,28)29)16(18)12-19-15-4-1-2-11-22(25,26)20(15)31(30-19)14-9-7-13(8-10-14)21(32)33/h3,5-10H,1-2,4,11-12H2,(H,32,33). The number of hydrogen-bond donors (Lipinski definition) is 1. The summed E-state index contributed by atoms with van der Waals surface area (Å²) in [5, 5.41) is 13.3. The third-order valence-corrected chi connectivity index (χ3v) is 6.06. The minimum absolute atomic E-state index is 0.0325. The summed E-state index contributed by atoms with van der Waals surface area (Å²) in [6.07, 6.45) is -4.53. The molecular weight excluding hydrogens is 467 g/mol. The van der Waals surface area contributed by atoms with E-state index in [-0.39, 0.29) is 58.1 Å². The van der Waals surface area contributed by atoms with Crippen LogP contribution in [0, 0.1) is 0 Å². The number of benzene rings is 2. The van der Waals surface area contributed by atoms with E-state index < -0.39 is 30.1 Å². The first-order chi connectivity index (χ1) is 15.5. The Morgan fingerprint density at radius 3 is 2.45 bits per heavy atom. The summed E-state index contributed by atoms with van der Waals surface area (Å²) in [5.41, 5.74) is -1.09. The lowest BCUT2D eigenvalue weighted by molar-refractivity contribution is -0.138. The van der Waals surface area contributed by atoms with E-state index >= 15 is 8.78 Å². The average Bonchev–Trinajstić information content (AvgIpc) is 3.02. The molecule has 33 heavy (non-hydrogen) atoms. The van der Waals surface area contributed by atoms with Crippen LogP contribution >= 0.6 is 11.6 Å². The molecular formula is C23H18ClF5N2O2. The van der Waals surface area contributed by atoms with Crippen LogP contribution in [0.25, 0.3) is 5.69 Å². The Balaban J connectivity index is 1.89. The van der Waals surface area contributed by atoms with Gasteiger partial charge in [0, 0.05) is 23.4 Å². The Labute approximate surface area is 190 Å². The van der Waals surface area contributed by atoms with Gasteiger partial charge >= 0.3 is 12.1 Å². The van der Waals surface area contributed by atoms with Gasteiger partial charge in [0.15, 0.2) is 0 Å². The van der Waals surface area contributed by atoms with E-state index in [1.165, 1.54) is 36.4 Å². The molecule has 0 fully saturated rings. The predicted molar refractivity (Wildman–Crippen MR) is 111 cm³/mol. The third-order valence-electron chi connectivity index (χ3n) is 5.71. The van der Waals surface area contributed by atoms with E-state index in [4.69, 9.17) is 16.7 Å². The number of carbonyl (C=O) groups is 1. The molecule has 1 heterocycles. The quantitative estimate of drug-likeness (QED) is 0.333. The van der Waals surface area contributed by atoms with Gasteiger partial charge in [0.1, 0.15) is 5.69 Å². The molecule has 4 rings (SSSR count). The highest BCUT2D eigenvalue weighted by molar-refractivity contribution is 6.31. The van der Waals surface area contributed by atoms with E-state index in [9.17, 15) is 18.0 Å². The normalized spacial score (nSPS) is 15.7. The monoisotopic (exact) mass is 484 g/mol. The summed E-state index contributed by atoms with van der Waals surface area (Å²) in [4.78, 5) is 11.1. The number of halogens is 6. The number of fused-ring (bicyclic) bond motifs is 1. The summed E-state index contributed by atoms with van der Waals surface area (Å²) in [5.74, 6) is -4.43. The SMILES string of the molecule is O=C(O)c1ccc(-n2nc(Cc3c(Cl)cccc3C(F)(F)F)c3c2C(F)(F)CCCC3)cc1. The van der Waals surface area contributed by atoms with Crippen LogP contribution < -0.4 is 0 Å². The number of carboxylic acids is 1. The number of hydrogen-bond acceptors (Lipinski definition) is 2. The molecule has 0 spiro atoms. The fraction of sp³-hybridized carbons (Fsp3) is 0.304. The Morgan fingerprint density at radius 2 is 1.82 bits per heavy atom. The molecule has 3 aromatic rings. The maximum atomic E-state index is 15.1. The Morgan fingerprint density at radius 1 is 1.12 bits per heavy atom. The maximum Gasteiger partial charge on any atom is 0.416 e. The van der Waals surface area contributed by atoms with Crippen molar-refractivity contribution in [3.63, 3.8) is 0 Å². The van der Waals surface area contributed by atoms with Gasteiger partial charge in [-0.1, -0.05) is 17.7 Å². The van der Waals surface area contributed by atoms with Crippen LogP contribution in [0.5, 0.6) is 0 Å². The Kier molecular flexibility index (Phi) is 5.94. The van der Waals surface area contributed by atoms with Crippen molar-refractivity contribution in [3.05, 3.63) is 81.1 Å². The molecule has 0 amide bonds. The third kappa shape index (κ3) is 4.46. The second kappa shape index (κ2) is 8.44. The lowest BCUT2D eigenvalue weighted by atomic mass is 9.97. The number of aromatic carboxylic acids is 1. The van der Waals surface area contributed by atoms with Gasteiger partial charge in [0.05, 0.1) is 22.5 Å². The van der Waals surface area contributed by atoms with Gasteiger partial charge in [-0.2, -0.15) is 27.1 Å². The molecule has 0 bridgehead atoms. The van der Waals surface area contributed by atoms with Crippen molar-refractivity contribution in [2.24, 2.45) is 0 Å². The molecule has 4 nitrogen and oxygen atoms in total. The highest BCUT2D eigenvalue weighted by atomic mass is 35.5. The van der Waals surface area contributed by atoms with Crippen LogP contribution in [0.15, 0.2) is 42.5 Å². The topological polar surface area (TPSA) is 55.1 Å². The fourth-order valence-corrected chi connectivity index (χ4v) is 4.39. The second-order valence-electron chi connectivity index (χ2n) is 7.89. The molecule has 174 valence electrons. The summed E-state index contributed by atoms with van der Waals surface area (Å²) >= 11 is 6.09. The minimum Gasteiger partial charge on any atom is -0.478 e. The van der Waals surface area contributed by atoms with E-state index in [1.807, 2.05) is 0 Å². The van der Waals surface area contributed by atoms with Gasteiger partial charge in [-0.15, -0.1) is 0 Å². The average molecular weight is 485 g/mol. The van der Waals surface area contributed by atoms with Crippen molar-refractivity contribution >= 4 is 17.6 Å². The van der Waals surface area contributed by atoms with Gasteiger partial charge in [-0.05, 0) is 61.2 Å². The molecule has 1 aliphatic rings. The van der Waals surface area contributed by atoms with Crippen LogP contribution in [0.1, 0.15) is 57.7 Å². The van der Waals surface area contributed by atoms with Crippen LogP contribution in [0.4, 0.5) is 22.0 Å². The van der Waals surface area contributed by atoms with Gasteiger partial charge < -0.3 is 5.11 Å². The van der Waals surface area contributed by atoms with Crippen molar-refractivity contribution in [2.75, 3.05) is 0 Å². The molecule has 0 saturated heterocycles. The zero-order valence-electron chi connectivity index (χ0n) is 17.1. The molecule has 1 aliphatic carbocycles. The molecule has 1 aromatic heterocycles. The van der Waals surface area contributed by atoms with Crippen LogP contribution in [0.3, 0.4) is 0 Å². The summed E-state index contributed by atoms with van der Waals surface area (Å²) < 4.78 is 72.1. The van der Waals surface area contributed by atoms with Crippen LogP contribution in [0.2, 0.25) is 5.02 Å². The summed E-state index contributed by atoms with van der Waals surface area (Å²) in [6.45, 7) is 0. The minimum atomic E-state index is -4.67. The van der Waals surface area contributed by atoms with Crippen molar-refractivity contribution in [3.8, 4) is 5.69 Å². The first-order valence-corrected chi connectivity index (χ1v) is 10.5. The highest BCUT2D eigenvalue weighted by Crippen LogP contribution is 2.43. The molecule has 0 saturated carbocycles. The number of aromatic nitrogens is 2. The van der Waals surface area contributed by atoms with Crippen molar-refractivity contribution < 1.29 is 31.9 Å². The highest BCUT2D eigenvalue weighted by Gasteiger charge is 2.42. The predicted octanol–water partition coefficient (Wildman–Crippen LogP) is 6.65. The van der Waals surface area contributed by atoms with Crippen molar-refractivity contribution in [1.82, 2.24) is 9.78 Å². The van der Waals surface area contributed by atoms with Gasteiger partial charge in [0.25, 0.3) is 5.92 Å². The number of nitrogens with zero attached hydrogens (tertiary/aromatic N) is 2. The van der Waals surface area contributed by atoms with Crippen molar-refractivity contribution in [2.45, 2.75) is 44.2 Å². The molecule has 0 aliphatic heterocycles. The zero-order chi connectivity index (χ0) is 24.0. The molecule has 1 N–H and O–H groups in total. The number of rotatable bonds is 4. The van der Waals surface area contributed by atoms with E-state index in [0.29, 0.717) is 6.42 Å². The Hall–Kier alpha value is -2.94. The maximum absolute atomic E-state index is 15.1. The van der Waals surface area contributed by atoms with E-state index in [1.54, 1.807) is 0 Å². The van der Waals surface area contributed by atoms with Crippen molar-refractivity contribution in [1.29, 1.82) is 0 Å². The molecule has 0 radical (unpaired) electrons. The van der Waals surface area contributed by atoms with Gasteiger partial charge in [-0.3, -0.25) is 0 Å². The Bertz CT molecular complexity index is 1200. The molecule has 10 heteroatoms. The van der Waals surface area contributed by atoms with E-state index in [0.717, 1.165) is 10.7 Å². The zero-order valence-corrected chi connectivity index (χ0v) is 17.9.